The third kappa shape index (κ3) is 6.41. The molecule has 1 aromatic rings. The Kier molecular flexibility index (Phi) is 8.86. The van der Waals surface area contributed by atoms with Crippen molar-refractivity contribution in [2.24, 2.45) is 5.92 Å². The van der Waals surface area contributed by atoms with Gasteiger partial charge in [0.25, 0.3) is 0 Å². The first kappa shape index (κ1) is 16.9. The Hall–Kier alpha value is -0.100. The van der Waals surface area contributed by atoms with Crippen molar-refractivity contribution >= 4 is 45.6 Å². The number of amides is 1. The summed E-state index contributed by atoms with van der Waals surface area (Å²) in [5, 5.41) is 5.93. The van der Waals surface area contributed by atoms with E-state index in [9.17, 15) is 4.79 Å². The minimum absolute atomic E-state index is 0. The predicted molar refractivity (Wildman–Crippen MR) is 79.1 cm³/mol. The summed E-state index contributed by atoms with van der Waals surface area (Å²) in [7, 11) is 1.85. The van der Waals surface area contributed by atoms with Gasteiger partial charge in [-0.25, -0.2) is 0 Å². The molecule has 0 aliphatic heterocycles. The number of halogens is 2. The van der Waals surface area contributed by atoms with E-state index in [1.165, 1.54) is 4.88 Å². The summed E-state index contributed by atoms with van der Waals surface area (Å²) in [5.41, 5.74) is 0. The van der Waals surface area contributed by atoms with Gasteiger partial charge in [-0.15, -0.1) is 23.7 Å². The molecule has 1 atom stereocenters. The standard InChI is InChI=1S/C11H17BrN2OS.ClH/c1-8(7-13-2)11(15)14-6-5-9-3-4-10(12)16-9;/h3-4,8,13H,5-7H2,1-2H3,(H,14,15);1H. The van der Waals surface area contributed by atoms with Gasteiger partial charge in [-0.3, -0.25) is 4.79 Å². The van der Waals surface area contributed by atoms with Gasteiger partial charge in [0.15, 0.2) is 0 Å². The molecular weight excluding hydrogens is 324 g/mol. The van der Waals surface area contributed by atoms with Gasteiger partial charge in [0.2, 0.25) is 5.91 Å². The fraction of sp³-hybridized carbons (Fsp3) is 0.545. The van der Waals surface area contributed by atoms with Crippen LogP contribution in [0.5, 0.6) is 0 Å². The fourth-order valence-electron chi connectivity index (χ4n) is 1.37. The van der Waals surface area contributed by atoms with Gasteiger partial charge in [-0.2, -0.15) is 0 Å². The molecule has 3 nitrogen and oxygen atoms in total. The molecule has 0 saturated heterocycles. The normalized spacial score (nSPS) is 11.7. The molecule has 17 heavy (non-hydrogen) atoms. The Labute approximate surface area is 121 Å². The molecule has 6 heteroatoms. The van der Waals surface area contributed by atoms with Gasteiger partial charge in [-0.05, 0) is 41.5 Å². The van der Waals surface area contributed by atoms with Crippen molar-refractivity contribution < 1.29 is 4.79 Å². The molecule has 0 aromatic carbocycles. The average Bonchev–Trinajstić information content (AvgIpc) is 2.64. The number of hydrogen-bond acceptors (Lipinski definition) is 3. The summed E-state index contributed by atoms with van der Waals surface area (Å²) in [4.78, 5) is 12.9. The highest BCUT2D eigenvalue weighted by Crippen LogP contribution is 2.21. The summed E-state index contributed by atoms with van der Waals surface area (Å²) in [5.74, 6) is 0.144. The molecule has 0 spiro atoms. The topological polar surface area (TPSA) is 41.1 Å². The van der Waals surface area contributed by atoms with E-state index in [1.807, 2.05) is 20.0 Å². The monoisotopic (exact) mass is 340 g/mol. The Bertz CT molecular complexity index is 346. The van der Waals surface area contributed by atoms with Crippen molar-refractivity contribution in [2.45, 2.75) is 13.3 Å². The van der Waals surface area contributed by atoms with Crippen LogP contribution in [0.25, 0.3) is 0 Å². The van der Waals surface area contributed by atoms with Gasteiger partial charge in [0.1, 0.15) is 0 Å². The van der Waals surface area contributed by atoms with Crippen molar-refractivity contribution in [2.75, 3.05) is 20.1 Å². The van der Waals surface area contributed by atoms with Crippen LogP contribution >= 0.6 is 39.7 Å². The second-order valence-corrected chi connectivity index (χ2v) is 6.25. The van der Waals surface area contributed by atoms with Crippen LogP contribution in [0.4, 0.5) is 0 Å². The van der Waals surface area contributed by atoms with Gasteiger partial charge >= 0.3 is 0 Å². The molecule has 0 aliphatic carbocycles. The van der Waals surface area contributed by atoms with Crippen molar-refractivity contribution in [3.05, 3.63) is 20.8 Å². The minimum atomic E-state index is 0. The predicted octanol–water partition coefficient (Wildman–Crippen LogP) is 2.45. The molecule has 2 N–H and O–H groups in total. The molecule has 0 radical (unpaired) electrons. The minimum Gasteiger partial charge on any atom is -0.355 e. The summed E-state index contributed by atoms with van der Waals surface area (Å²) in [6.07, 6.45) is 0.897. The molecule has 0 fully saturated rings. The van der Waals surface area contributed by atoms with E-state index in [1.54, 1.807) is 11.3 Å². The number of rotatable bonds is 6. The van der Waals surface area contributed by atoms with Gasteiger partial charge in [0.05, 0.1) is 3.79 Å². The fourth-order valence-corrected chi connectivity index (χ4v) is 2.85. The molecular formula is C11H18BrClN2OS. The number of carbonyl (C=O) groups excluding carboxylic acids is 1. The van der Waals surface area contributed by atoms with Crippen LogP contribution in [0, 0.1) is 5.92 Å². The molecule has 1 rings (SSSR count). The van der Waals surface area contributed by atoms with E-state index >= 15 is 0 Å². The van der Waals surface area contributed by atoms with E-state index in [-0.39, 0.29) is 24.2 Å². The lowest BCUT2D eigenvalue weighted by atomic mass is 10.1. The first-order valence-electron chi connectivity index (χ1n) is 5.30. The third-order valence-electron chi connectivity index (χ3n) is 2.26. The number of hydrogen-bond donors (Lipinski definition) is 2. The lowest BCUT2D eigenvalue weighted by Crippen LogP contribution is -2.35. The van der Waals surface area contributed by atoms with Crippen molar-refractivity contribution in [3.8, 4) is 0 Å². The quantitative estimate of drug-likeness (QED) is 0.834. The maximum atomic E-state index is 11.6. The summed E-state index contributed by atoms with van der Waals surface area (Å²) in [6.45, 7) is 3.35. The molecule has 1 amide bonds. The lowest BCUT2D eigenvalue weighted by Gasteiger charge is -2.10. The van der Waals surface area contributed by atoms with Crippen LogP contribution in [-0.2, 0) is 11.2 Å². The SMILES string of the molecule is CNCC(C)C(=O)NCCc1ccc(Br)s1.Cl. The van der Waals surface area contributed by atoms with Crippen molar-refractivity contribution in [1.29, 1.82) is 0 Å². The van der Waals surface area contributed by atoms with Gasteiger partial charge < -0.3 is 10.6 Å². The van der Waals surface area contributed by atoms with E-state index < -0.39 is 0 Å². The second kappa shape index (κ2) is 8.91. The molecule has 1 aromatic heterocycles. The Morgan fingerprint density at radius 1 is 1.53 bits per heavy atom. The maximum Gasteiger partial charge on any atom is 0.224 e. The molecule has 0 aliphatic rings. The first-order valence-corrected chi connectivity index (χ1v) is 6.91. The molecule has 98 valence electrons. The van der Waals surface area contributed by atoms with Gasteiger partial charge in [0, 0.05) is 23.9 Å². The van der Waals surface area contributed by atoms with Crippen molar-refractivity contribution in [3.63, 3.8) is 0 Å². The average molecular weight is 342 g/mol. The molecule has 1 unspecified atom stereocenters. The van der Waals surface area contributed by atoms with Crippen LogP contribution in [0.1, 0.15) is 11.8 Å². The van der Waals surface area contributed by atoms with Crippen LogP contribution < -0.4 is 10.6 Å². The zero-order chi connectivity index (χ0) is 12.0. The Balaban J connectivity index is 0.00000256. The number of carbonyl (C=O) groups is 1. The van der Waals surface area contributed by atoms with Crippen LogP contribution in [0.15, 0.2) is 15.9 Å². The Morgan fingerprint density at radius 2 is 2.24 bits per heavy atom. The van der Waals surface area contributed by atoms with E-state index in [0.717, 1.165) is 16.8 Å². The highest BCUT2D eigenvalue weighted by molar-refractivity contribution is 9.11. The van der Waals surface area contributed by atoms with E-state index in [0.29, 0.717) is 6.54 Å². The smallest absolute Gasteiger partial charge is 0.224 e. The summed E-state index contributed by atoms with van der Waals surface area (Å²) >= 11 is 5.13. The van der Waals surface area contributed by atoms with E-state index in [2.05, 4.69) is 32.6 Å². The molecule has 0 saturated carbocycles. The largest absolute Gasteiger partial charge is 0.355 e. The zero-order valence-corrected chi connectivity index (χ0v) is 13.2. The van der Waals surface area contributed by atoms with Crippen molar-refractivity contribution in [1.82, 2.24) is 10.6 Å². The van der Waals surface area contributed by atoms with E-state index in [4.69, 9.17) is 0 Å². The van der Waals surface area contributed by atoms with Crippen LogP contribution in [0.3, 0.4) is 0 Å². The van der Waals surface area contributed by atoms with Crippen LogP contribution in [-0.4, -0.2) is 26.0 Å². The highest BCUT2D eigenvalue weighted by Gasteiger charge is 2.10. The Morgan fingerprint density at radius 3 is 2.76 bits per heavy atom. The first-order chi connectivity index (χ1) is 7.63. The number of nitrogens with one attached hydrogen (secondary N) is 2. The zero-order valence-electron chi connectivity index (χ0n) is 9.96. The van der Waals surface area contributed by atoms with Crippen LogP contribution in [0.2, 0.25) is 0 Å². The summed E-state index contributed by atoms with van der Waals surface area (Å²) < 4.78 is 1.14. The maximum absolute atomic E-state index is 11.6. The molecule has 0 bridgehead atoms. The van der Waals surface area contributed by atoms with Gasteiger partial charge in [-0.1, -0.05) is 6.92 Å². The summed E-state index contributed by atoms with van der Waals surface area (Å²) in [6, 6.07) is 4.11. The number of thiophene rings is 1. The lowest BCUT2D eigenvalue weighted by molar-refractivity contribution is -0.124. The molecule has 1 heterocycles. The highest BCUT2D eigenvalue weighted by atomic mass is 79.9. The second-order valence-electron chi connectivity index (χ2n) is 3.71. The third-order valence-corrected chi connectivity index (χ3v) is 3.94.